The van der Waals surface area contributed by atoms with Crippen LogP contribution < -0.4 is 5.32 Å². The molecule has 1 atom stereocenters. The average Bonchev–Trinajstić information content (AvgIpc) is 3.17. The zero-order chi connectivity index (χ0) is 21.7. The van der Waals surface area contributed by atoms with E-state index in [1.165, 1.54) is 19.2 Å². The third-order valence-electron chi connectivity index (χ3n) is 4.51. The number of hydrogen-bond donors (Lipinski definition) is 1. The molecule has 1 amide bonds. The second-order valence-electron chi connectivity index (χ2n) is 6.53. The molecule has 0 spiro atoms. The number of ether oxygens (including phenoxy) is 2. The molecule has 30 heavy (non-hydrogen) atoms. The molecule has 0 fully saturated rings. The Hall–Kier alpha value is -3.39. The van der Waals surface area contributed by atoms with E-state index in [4.69, 9.17) is 16.3 Å². The van der Waals surface area contributed by atoms with Crippen LogP contribution >= 0.6 is 11.6 Å². The molecular formula is C21H20ClN3O5. The fourth-order valence-electron chi connectivity index (χ4n) is 3.04. The summed E-state index contributed by atoms with van der Waals surface area (Å²) in [7, 11) is 2.61. The van der Waals surface area contributed by atoms with Crippen molar-refractivity contribution in [2.45, 2.75) is 0 Å². The van der Waals surface area contributed by atoms with Crippen molar-refractivity contribution in [3.63, 3.8) is 0 Å². The number of nitrogens with zero attached hydrogens (tertiary/aromatic N) is 2. The number of benzene rings is 2. The van der Waals surface area contributed by atoms with Crippen LogP contribution in [-0.2, 0) is 19.1 Å². The minimum Gasteiger partial charge on any atom is -0.468 e. The highest BCUT2D eigenvalue weighted by Gasteiger charge is 2.35. The van der Waals surface area contributed by atoms with Gasteiger partial charge in [0.1, 0.15) is 12.5 Å². The number of nitrogens with one attached hydrogen (secondary N) is 1. The maximum Gasteiger partial charge on any atom is 0.337 e. The summed E-state index contributed by atoms with van der Waals surface area (Å²) in [5.74, 6) is -1.80. The van der Waals surface area contributed by atoms with Crippen molar-refractivity contribution in [1.82, 2.24) is 5.01 Å². The normalized spacial score (nSPS) is 15.4. The van der Waals surface area contributed by atoms with E-state index >= 15 is 0 Å². The fraction of sp³-hybridized carbons (Fsp3) is 0.238. The first-order valence-electron chi connectivity index (χ1n) is 9.06. The summed E-state index contributed by atoms with van der Waals surface area (Å²) in [6, 6.07) is 13.3. The largest absolute Gasteiger partial charge is 0.468 e. The molecule has 0 saturated heterocycles. The molecule has 2 aromatic carbocycles. The number of carbonyl (C=O) groups is 3. The van der Waals surface area contributed by atoms with Crippen molar-refractivity contribution in [2.24, 2.45) is 11.0 Å². The van der Waals surface area contributed by atoms with Crippen molar-refractivity contribution in [2.75, 3.05) is 32.6 Å². The van der Waals surface area contributed by atoms with Crippen LogP contribution in [0.1, 0.15) is 15.9 Å². The van der Waals surface area contributed by atoms with Crippen LogP contribution in [0.4, 0.5) is 5.69 Å². The van der Waals surface area contributed by atoms with Gasteiger partial charge in [0, 0.05) is 10.7 Å². The molecule has 1 aliphatic rings. The van der Waals surface area contributed by atoms with Crippen LogP contribution in [-0.4, -0.2) is 55.9 Å². The Bertz CT molecular complexity index is 973. The van der Waals surface area contributed by atoms with E-state index in [1.54, 1.807) is 48.5 Å². The predicted octanol–water partition coefficient (Wildman–Crippen LogP) is 2.57. The number of hydrazone groups is 1. The molecule has 8 nitrogen and oxygen atoms in total. The second kappa shape index (κ2) is 9.41. The molecule has 0 bridgehead atoms. The van der Waals surface area contributed by atoms with E-state index in [0.29, 0.717) is 22.0 Å². The zero-order valence-corrected chi connectivity index (χ0v) is 17.2. The van der Waals surface area contributed by atoms with Crippen molar-refractivity contribution >= 4 is 40.8 Å². The molecule has 0 radical (unpaired) electrons. The molecule has 1 aliphatic heterocycles. The molecule has 0 aromatic heterocycles. The highest BCUT2D eigenvalue weighted by atomic mass is 35.5. The topological polar surface area (TPSA) is 97.3 Å². The SMILES string of the molecule is COC(=O)c1ccc(NC(=O)CN2CC(C(=O)OC)C(c3ccc(Cl)cc3)=N2)cc1. The number of methoxy groups -OCH3 is 2. The Balaban J connectivity index is 1.69. The van der Waals surface area contributed by atoms with E-state index < -0.39 is 17.9 Å². The number of esters is 2. The molecule has 2 aromatic rings. The highest BCUT2D eigenvalue weighted by Crippen LogP contribution is 2.22. The predicted molar refractivity (Wildman–Crippen MR) is 111 cm³/mol. The second-order valence-corrected chi connectivity index (χ2v) is 6.97. The standard InChI is InChI=1S/C21H20ClN3O5/c1-29-20(27)14-5-9-16(10-6-14)23-18(26)12-25-11-17(21(28)30-2)19(24-25)13-3-7-15(22)8-4-13/h3-10,17H,11-12H2,1-2H3,(H,23,26). The summed E-state index contributed by atoms with van der Waals surface area (Å²) in [6.45, 7) is 0.169. The van der Waals surface area contributed by atoms with Crippen LogP contribution in [0.2, 0.25) is 5.02 Å². The highest BCUT2D eigenvalue weighted by molar-refractivity contribution is 6.30. The van der Waals surface area contributed by atoms with Gasteiger partial charge in [-0.3, -0.25) is 14.6 Å². The molecule has 156 valence electrons. The summed E-state index contributed by atoms with van der Waals surface area (Å²) < 4.78 is 9.53. The van der Waals surface area contributed by atoms with Gasteiger partial charge < -0.3 is 14.8 Å². The van der Waals surface area contributed by atoms with E-state index in [2.05, 4.69) is 15.2 Å². The first-order chi connectivity index (χ1) is 14.4. The van der Waals surface area contributed by atoms with Crippen LogP contribution in [0.25, 0.3) is 0 Å². The number of rotatable bonds is 6. The van der Waals surface area contributed by atoms with Gasteiger partial charge >= 0.3 is 11.9 Å². The molecule has 0 aliphatic carbocycles. The maximum absolute atomic E-state index is 12.4. The van der Waals surface area contributed by atoms with Crippen LogP contribution in [0.15, 0.2) is 53.6 Å². The number of hydrogen-bond acceptors (Lipinski definition) is 7. The van der Waals surface area contributed by atoms with Gasteiger partial charge in [-0.15, -0.1) is 0 Å². The first kappa shape index (κ1) is 21.3. The van der Waals surface area contributed by atoms with E-state index in [-0.39, 0.29) is 19.0 Å². The van der Waals surface area contributed by atoms with E-state index in [9.17, 15) is 14.4 Å². The van der Waals surface area contributed by atoms with Crippen molar-refractivity contribution in [3.05, 3.63) is 64.7 Å². The van der Waals surface area contributed by atoms with Gasteiger partial charge in [0.2, 0.25) is 5.91 Å². The van der Waals surface area contributed by atoms with E-state index in [0.717, 1.165) is 5.56 Å². The first-order valence-corrected chi connectivity index (χ1v) is 9.44. The zero-order valence-electron chi connectivity index (χ0n) is 16.4. The Morgan fingerprint density at radius 2 is 1.73 bits per heavy atom. The summed E-state index contributed by atoms with van der Waals surface area (Å²) >= 11 is 5.93. The van der Waals surface area contributed by atoms with Gasteiger partial charge in [-0.1, -0.05) is 23.7 Å². The summed E-state index contributed by atoms with van der Waals surface area (Å²) in [4.78, 5) is 36.1. The Morgan fingerprint density at radius 3 is 2.33 bits per heavy atom. The lowest BCUT2D eigenvalue weighted by atomic mass is 9.98. The number of carbonyl (C=O) groups excluding carboxylic acids is 3. The Morgan fingerprint density at radius 1 is 1.07 bits per heavy atom. The van der Waals surface area contributed by atoms with Crippen LogP contribution in [0.3, 0.4) is 0 Å². The number of amides is 1. The lowest BCUT2D eigenvalue weighted by Crippen LogP contribution is -2.32. The lowest BCUT2D eigenvalue weighted by Gasteiger charge is -2.15. The minimum absolute atomic E-state index is 0.0522. The molecule has 1 unspecified atom stereocenters. The van der Waals surface area contributed by atoms with Gasteiger partial charge in [-0.25, -0.2) is 4.79 Å². The van der Waals surface area contributed by atoms with Gasteiger partial charge in [0.15, 0.2) is 0 Å². The number of halogens is 1. The van der Waals surface area contributed by atoms with Crippen molar-refractivity contribution in [1.29, 1.82) is 0 Å². The van der Waals surface area contributed by atoms with Crippen LogP contribution in [0.5, 0.6) is 0 Å². The summed E-state index contributed by atoms with van der Waals surface area (Å²) in [6.07, 6.45) is 0. The maximum atomic E-state index is 12.4. The van der Waals surface area contributed by atoms with Crippen molar-refractivity contribution < 1.29 is 23.9 Å². The van der Waals surface area contributed by atoms with Gasteiger partial charge in [0.25, 0.3) is 0 Å². The fourth-order valence-corrected chi connectivity index (χ4v) is 3.17. The summed E-state index contributed by atoms with van der Waals surface area (Å²) in [5, 5.41) is 9.28. The van der Waals surface area contributed by atoms with Gasteiger partial charge in [-0.2, -0.15) is 5.10 Å². The van der Waals surface area contributed by atoms with E-state index in [1.807, 2.05) is 0 Å². The Kier molecular flexibility index (Phi) is 6.68. The molecule has 1 N–H and O–H groups in total. The molecule has 1 heterocycles. The van der Waals surface area contributed by atoms with Crippen molar-refractivity contribution in [3.8, 4) is 0 Å². The van der Waals surface area contributed by atoms with Crippen LogP contribution in [0, 0.1) is 5.92 Å². The van der Waals surface area contributed by atoms with Gasteiger partial charge in [-0.05, 0) is 42.0 Å². The smallest absolute Gasteiger partial charge is 0.337 e. The molecule has 0 saturated carbocycles. The quantitative estimate of drug-likeness (QED) is 0.709. The average molecular weight is 430 g/mol. The monoisotopic (exact) mass is 429 g/mol. The molecular weight excluding hydrogens is 410 g/mol. The third-order valence-corrected chi connectivity index (χ3v) is 4.77. The number of anilines is 1. The minimum atomic E-state index is -0.608. The molecule has 3 rings (SSSR count). The molecule has 9 heteroatoms. The van der Waals surface area contributed by atoms with Gasteiger partial charge in [0.05, 0.1) is 32.0 Å². The third kappa shape index (κ3) is 4.96. The Labute approximate surface area is 178 Å². The summed E-state index contributed by atoms with van der Waals surface area (Å²) in [5.41, 5.74) is 2.16. The lowest BCUT2D eigenvalue weighted by molar-refractivity contribution is -0.143.